The van der Waals surface area contributed by atoms with Gasteiger partial charge in [-0.1, -0.05) is 37.8 Å². The van der Waals surface area contributed by atoms with Gasteiger partial charge in [0, 0.05) is 12.5 Å². The highest BCUT2D eigenvalue weighted by Gasteiger charge is 2.32. The Labute approximate surface area is 133 Å². The lowest BCUT2D eigenvalue weighted by molar-refractivity contribution is -0.137. The molecule has 1 aliphatic heterocycles. The van der Waals surface area contributed by atoms with Crippen molar-refractivity contribution in [2.24, 2.45) is 5.92 Å². The van der Waals surface area contributed by atoms with E-state index in [1.165, 1.54) is 31.2 Å². The summed E-state index contributed by atoms with van der Waals surface area (Å²) >= 11 is 0. The first-order valence-electron chi connectivity index (χ1n) is 8.74. The quantitative estimate of drug-likeness (QED) is 0.831. The standard InChI is InChI=1S/C19H27NO2/c1-22-17-12-10-15(11-13-17)18-9-3-2-6-14-20(18)19(21)16-7-4-5-8-16/h10-13,16,18H,2-9,14H2,1H3. The Balaban J connectivity index is 1.81. The summed E-state index contributed by atoms with van der Waals surface area (Å²) in [5.74, 6) is 1.56. The van der Waals surface area contributed by atoms with Crippen molar-refractivity contribution in [3.63, 3.8) is 0 Å². The lowest BCUT2D eigenvalue weighted by Gasteiger charge is -2.32. The van der Waals surface area contributed by atoms with Crippen LogP contribution in [0.1, 0.15) is 63.0 Å². The van der Waals surface area contributed by atoms with Gasteiger partial charge in [0.1, 0.15) is 5.75 Å². The number of likely N-dealkylation sites (tertiary alicyclic amines) is 1. The maximum absolute atomic E-state index is 13.0. The molecule has 0 spiro atoms. The van der Waals surface area contributed by atoms with E-state index in [4.69, 9.17) is 4.74 Å². The smallest absolute Gasteiger partial charge is 0.226 e. The van der Waals surface area contributed by atoms with Crippen molar-refractivity contribution >= 4 is 5.91 Å². The molecule has 3 rings (SSSR count). The van der Waals surface area contributed by atoms with E-state index in [0.29, 0.717) is 5.91 Å². The van der Waals surface area contributed by atoms with Gasteiger partial charge in [0.25, 0.3) is 0 Å². The summed E-state index contributed by atoms with van der Waals surface area (Å²) in [5, 5.41) is 0. The van der Waals surface area contributed by atoms with Gasteiger partial charge in [-0.3, -0.25) is 4.79 Å². The van der Waals surface area contributed by atoms with Crippen LogP contribution < -0.4 is 4.74 Å². The Morgan fingerprint density at radius 1 is 1.00 bits per heavy atom. The number of benzene rings is 1. The highest BCUT2D eigenvalue weighted by atomic mass is 16.5. The van der Waals surface area contributed by atoms with Crippen LogP contribution in [-0.2, 0) is 4.79 Å². The van der Waals surface area contributed by atoms with E-state index in [-0.39, 0.29) is 12.0 Å². The Hall–Kier alpha value is -1.51. The first-order valence-corrected chi connectivity index (χ1v) is 8.74. The average Bonchev–Trinajstić information content (AvgIpc) is 2.99. The fourth-order valence-electron chi connectivity index (χ4n) is 3.95. The number of nitrogens with zero attached hydrogens (tertiary/aromatic N) is 1. The van der Waals surface area contributed by atoms with E-state index in [1.54, 1.807) is 7.11 Å². The molecule has 1 aliphatic carbocycles. The van der Waals surface area contributed by atoms with Gasteiger partial charge < -0.3 is 9.64 Å². The summed E-state index contributed by atoms with van der Waals surface area (Å²) in [6.07, 6.45) is 9.30. The molecule has 1 amide bonds. The van der Waals surface area contributed by atoms with E-state index < -0.39 is 0 Å². The minimum Gasteiger partial charge on any atom is -0.497 e. The average molecular weight is 301 g/mol. The van der Waals surface area contributed by atoms with Gasteiger partial charge in [0.05, 0.1) is 13.2 Å². The first kappa shape index (κ1) is 15.4. The van der Waals surface area contributed by atoms with Crippen molar-refractivity contribution in [1.29, 1.82) is 0 Å². The molecular weight excluding hydrogens is 274 g/mol. The zero-order valence-corrected chi connectivity index (χ0v) is 13.6. The van der Waals surface area contributed by atoms with Crippen molar-refractivity contribution in [2.45, 2.75) is 57.4 Å². The predicted molar refractivity (Wildman–Crippen MR) is 87.9 cm³/mol. The van der Waals surface area contributed by atoms with Crippen LogP contribution in [0.5, 0.6) is 5.75 Å². The Kier molecular flexibility index (Phi) is 5.01. The number of carbonyl (C=O) groups is 1. The molecule has 1 saturated heterocycles. The topological polar surface area (TPSA) is 29.5 Å². The monoisotopic (exact) mass is 301 g/mol. The molecule has 1 unspecified atom stereocenters. The van der Waals surface area contributed by atoms with Gasteiger partial charge in [0.15, 0.2) is 0 Å². The molecule has 0 radical (unpaired) electrons. The van der Waals surface area contributed by atoms with E-state index in [1.807, 2.05) is 12.1 Å². The molecule has 1 heterocycles. The Morgan fingerprint density at radius 2 is 1.68 bits per heavy atom. The zero-order valence-electron chi connectivity index (χ0n) is 13.6. The van der Waals surface area contributed by atoms with Crippen LogP contribution in [0.2, 0.25) is 0 Å². The molecule has 0 aromatic heterocycles. The molecule has 1 atom stereocenters. The Bertz CT molecular complexity index is 491. The van der Waals surface area contributed by atoms with Crippen molar-refractivity contribution in [1.82, 2.24) is 4.90 Å². The second-order valence-electron chi connectivity index (χ2n) is 6.65. The normalized spacial score (nSPS) is 23.3. The van der Waals surface area contributed by atoms with Crippen molar-refractivity contribution in [3.8, 4) is 5.75 Å². The molecule has 3 heteroatoms. The van der Waals surface area contributed by atoms with Gasteiger partial charge in [-0.05, 0) is 43.4 Å². The van der Waals surface area contributed by atoms with Crippen LogP contribution in [-0.4, -0.2) is 24.5 Å². The van der Waals surface area contributed by atoms with Crippen molar-refractivity contribution in [2.75, 3.05) is 13.7 Å². The highest BCUT2D eigenvalue weighted by molar-refractivity contribution is 5.79. The van der Waals surface area contributed by atoms with Gasteiger partial charge in [-0.25, -0.2) is 0 Å². The molecule has 1 aromatic carbocycles. The Morgan fingerprint density at radius 3 is 2.36 bits per heavy atom. The van der Waals surface area contributed by atoms with E-state index in [0.717, 1.165) is 38.0 Å². The molecule has 0 bridgehead atoms. The third-order valence-electron chi connectivity index (χ3n) is 5.24. The molecule has 0 N–H and O–H groups in total. The minimum absolute atomic E-state index is 0.251. The van der Waals surface area contributed by atoms with Gasteiger partial charge >= 0.3 is 0 Å². The zero-order chi connectivity index (χ0) is 15.4. The maximum Gasteiger partial charge on any atom is 0.226 e. The summed E-state index contributed by atoms with van der Waals surface area (Å²) in [6.45, 7) is 0.923. The maximum atomic E-state index is 13.0. The first-order chi connectivity index (χ1) is 10.8. The summed E-state index contributed by atoms with van der Waals surface area (Å²) < 4.78 is 5.26. The molecule has 120 valence electrons. The SMILES string of the molecule is COc1ccc(C2CCCCCN2C(=O)C2CCCC2)cc1. The number of methoxy groups -OCH3 is 1. The van der Waals surface area contributed by atoms with Gasteiger partial charge in [0.2, 0.25) is 5.91 Å². The van der Waals surface area contributed by atoms with Gasteiger partial charge in [-0.2, -0.15) is 0 Å². The lowest BCUT2D eigenvalue weighted by Crippen LogP contribution is -2.38. The molecule has 2 aliphatic rings. The van der Waals surface area contributed by atoms with Crippen LogP contribution in [0.4, 0.5) is 0 Å². The second-order valence-corrected chi connectivity index (χ2v) is 6.65. The number of carbonyl (C=O) groups excluding carboxylic acids is 1. The third-order valence-corrected chi connectivity index (χ3v) is 5.24. The summed E-state index contributed by atoms with van der Waals surface area (Å²) in [4.78, 5) is 15.1. The van der Waals surface area contributed by atoms with Crippen LogP contribution in [0, 0.1) is 5.92 Å². The van der Waals surface area contributed by atoms with Crippen LogP contribution in [0.15, 0.2) is 24.3 Å². The molecule has 22 heavy (non-hydrogen) atoms. The predicted octanol–water partition coefficient (Wildman–Crippen LogP) is 4.33. The second kappa shape index (κ2) is 7.17. The van der Waals surface area contributed by atoms with Crippen molar-refractivity contribution < 1.29 is 9.53 Å². The lowest BCUT2D eigenvalue weighted by atomic mass is 9.98. The summed E-state index contributed by atoms with van der Waals surface area (Å²) in [6, 6.07) is 8.53. The third kappa shape index (κ3) is 3.29. The van der Waals surface area contributed by atoms with Crippen LogP contribution >= 0.6 is 0 Å². The molecular formula is C19H27NO2. The number of ether oxygens (including phenoxy) is 1. The fraction of sp³-hybridized carbons (Fsp3) is 0.632. The van der Waals surface area contributed by atoms with Gasteiger partial charge in [-0.15, -0.1) is 0 Å². The molecule has 3 nitrogen and oxygen atoms in total. The largest absolute Gasteiger partial charge is 0.497 e. The molecule has 1 aromatic rings. The van der Waals surface area contributed by atoms with E-state index in [9.17, 15) is 4.79 Å². The minimum atomic E-state index is 0.251. The fourth-order valence-corrected chi connectivity index (χ4v) is 3.95. The van der Waals surface area contributed by atoms with Crippen LogP contribution in [0.25, 0.3) is 0 Å². The number of hydrogen-bond donors (Lipinski definition) is 0. The van der Waals surface area contributed by atoms with Crippen LogP contribution in [0.3, 0.4) is 0 Å². The van der Waals surface area contributed by atoms with E-state index >= 15 is 0 Å². The number of rotatable bonds is 3. The molecule has 1 saturated carbocycles. The summed E-state index contributed by atoms with van der Waals surface area (Å²) in [5.41, 5.74) is 1.26. The van der Waals surface area contributed by atoms with E-state index in [2.05, 4.69) is 17.0 Å². The van der Waals surface area contributed by atoms with Crippen molar-refractivity contribution in [3.05, 3.63) is 29.8 Å². The molecule has 2 fully saturated rings. The highest BCUT2D eigenvalue weighted by Crippen LogP contribution is 2.35. The summed E-state index contributed by atoms with van der Waals surface area (Å²) in [7, 11) is 1.69. The number of amides is 1. The number of hydrogen-bond acceptors (Lipinski definition) is 2.